The van der Waals surface area contributed by atoms with Gasteiger partial charge in [0.05, 0.1) is 38.6 Å². The van der Waals surface area contributed by atoms with Crippen LogP contribution in [0.5, 0.6) is 0 Å². The van der Waals surface area contributed by atoms with Crippen LogP contribution < -0.4 is 0 Å². The molecule has 0 N–H and O–H groups in total. The van der Waals surface area contributed by atoms with E-state index in [-0.39, 0.29) is 0 Å². The van der Waals surface area contributed by atoms with Gasteiger partial charge in [0.25, 0.3) is 0 Å². The molecule has 5 nitrogen and oxygen atoms in total. The van der Waals surface area contributed by atoms with E-state index in [0.717, 1.165) is 44.5 Å². The first-order valence-corrected chi connectivity index (χ1v) is 19.5. The Morgan fingerprint density at radius 1 is 0.281 bits per heavy atom. The van der Waals surface area contributed by atoms with Gasteiger partial charge < -0.3 is 4.40 Å². The number of hydrogen-bond donors (Lipinski definition) is 0. The lowest BCUT2D eigenvalue weighted by Crippen LogP contribution is -2.06. The fraction of sp³-hybridized carbons (Fsp3) is 0. The first kappa shape index (κ1) is 29.6. The van der Waals surface area contributed by atoms with Crippen LogP contribution in [0, 0.1) is 0 Å². The Balaban J connectivity index is 1.15. The predicted octanol–water partition coefficient (Wildman–Crippen LogP) is 13.3. The molecule has 262 valence electrons. The molecular weight excluding hydrogens is 695 g/mol. The molecule has 5 heteroatoms. The third-order valence-corrected chi connectivity index (χ3v) is 12.6. The molecule has 0 bridgehead atoms. The number of benzene rings is 9. The van der Waals surface area contributed by atoms with E-state index in [1.165, 1.54) is 81.2 Å². The molecule has 9 aromatic carbocycles. The highest BCUT2D eigenvalue weighted by Gasteiger charge is 2.27. The summed E-state index contributed by atoms with van der Waals surface area (Å²) in [5.74, 6) is 1.64. The van der Waals surface area contributed by atoms with Crippen molar-refractivity contribution in [3.8, 4) is 11.6 Å². The molecule has 0 fully saturated rings. The molecule has 57 heavy (non-hydrogen) atoms. The number of hydrogen-bond acceptors (Lipinski definition) is 2. The van der Waals surface area contributed by atoms with Crippen molar-refractivity contribution in [3.63, 3.8) is 0 Å². The number of rotatable bonds is 2. The van der Waals surface area contributed by atoms with Crippen LogP contribution in [0.25, 0.3) is 126 Å². The Labute approximate surface area is 324 Å². The SMILES string of the molecule is c1ccc2c(c1)ccc1c2c2ccccc2n1-c1nnc(-n2c3ccccc3c3c4c5c6ccccc6ccc5n5c6ccccc6c(cc32)c45)c2ccccc12. The van der Waals surface area contributed by atoms with E-state index in [0.29, 0.717) is 0 Å². The molecular formula is C52H29N5. The second-order valence-electron chi connectivity index (χ2n) is 15.4. The first-order valence-electron chi connectivity index (χ1n) is 19.5. The highest BCUT2D eigenvalue weighted by molar-refractivity contribution is 6.39. The zero-order valence-electron chi connectivity index (χ0n) is 30.5. The fourth-order valence-corrected chi connectivity index (χ4v) is 10.4. The third-order valence-electron chi connectivity index (χ3n) is 12.6. The number of nitrogens with zero attached hydrogens (tertiary/aromatic N) is 5. The summed E-state index contributed by atoms with van der Waals surface area (Å²) < 4.78 is 7.17. The molecule has 0 aliphatic rings. The zero-order valence-corrected chi connectivity index (χ0v) is 30.5. The summed E-state index contributed by atoms with van der Waals surface area (Å²) in [6.45, 7) is 0. The average molecular weight is 724 g/mol. The van der Waals surface area contributed by atoms with Gasteiger partial charge >= 0.3 is 0 Å². The summed E-state index contributed by atoms with van der Waals surface area (Å²) in [7, 11) is 0. The summed E-state index contributed by atoms with van der Waals surface area (Å²) in [5, 5.41) is 27.5. The van der Waals surface area contributed by atoms with E-state index in [1.54, 1.807) is 0 Å². The molecule has 0 spiro atoms. The van der Waals surface area contributed by atoms with Gasteiger partial charge in [0.1, 0.15) is 0 Å². The molecule has 0 aliphatic carbocycles. The van der Waals surface area contributed by atoms with Crippen LogP contribution in [-0.4, -0.2) is 23.7 Å². The van der Waals surface area contributed by atoms with E-state index in [1.807, 2.05) is 0 Å². The Kier molecular flexibility index (Phi) is 5.45. The number of aromatic nitrogens is 5. The summed E-state index contributed by atoms with van der Waals surface area (Å²) in [5.41, 5.74) is 8.18. The molecule has 14 aromatic rings. The van der Waals surface area contributed by atoms with Crippen LogP contribution in [0.4, 0.5) is 0 Å². The molecule has 0 saturated heterocycles. The van der Waals surface area contributed by atoms with E-state index in [2.05, 4.69) is 189 Å². The standard InChI is InChI=1S/C52H29N5/c1-3-15-32-30(13-1)25-27-43-46(32)37-20-8-11-23-41(37)56(43)51-35-18-5-6-19-36(35)52(54-53-51)57-42-24-12-9-21-38(42)48-45(57)29-39-34-17-7-10-22-40(34)55-44-28-26-31-14-2-4-16-33(31)47(44)49(48)50(39)55/h1-29H. The van der Waals surface area contributed by atoms with Crippen molar-refractivity contribution < 1.29 is 0 Å². The fourth-order valence-electron chi connectivity index (χ4n) is 10.4. The molecule has 0 radical (unpaired) electrons. The van der Waals surface area contributed by atoms with Crippen LogP contribution in [-0.2, 0) is 0 Å². The van der Waals surface area contributed by atoms with E-state index in [9.17, 15) is 0 Å². The van der Waals surface area contributed by atoms with Gasteiger partial charge in [0.2, 0.25) is 0 Å². The average Bonchev–Trinajstić information content (AvgIpc) is 4.00. The van der Waals surface area contributed by atoms with E-state index >= 15 is 0 Å². The minimum absolute atomic E-state index is 0.818. The topological polar surface area (TPSA) is 40.0 Å². The normalized spacial score (nSPS) is 12.6. The molecule has 0 unspecified atom stereocenters. The highest BCUT2D eigenvalue weighted by Crippen LogP contribution is 2.48. The molecule has 0 saturated carbocycles. The van der Waals surface area contributed by atoms with Gasteiger partial charge in [-0.1, -0.05) is 140 Å². The van der Waals surface area contributed by atoms with Crippen molar-refractivity contribution in [1.82, 2.24) is 23.7 Å². The summed E-state index contributed by atoms with van der Waals surface area (Å²) in [6.07, 6.45) is 0. The third kappa shape index (κ3) is 3.60. The van der Waals surface area contributed by atoms with Gasteiger partial charge in [-0.3, -0.25) is 9.13 Å². The van der Waals surface area contributed by atoms with Crippen molar-refractivity contribution >= 4 is 114 Å². The van der Waals surface area contributed by atoms with Crippen molar-refractivity contribution in [3.05, 3.63) is 176 Å². The second-order valence-corrected chi connectivity index (χ2v) is 15.4. The van der Waals surface area contributed by atoms with E-state index < -0.39 is 0 Å². The maximum Gasteiger partial charge on any atom is 0.168 e. The van der Waals surface area contributed by atoms with Gasteiger partial charge in [-0.2, -0.15) is 0 Å². The maximum absolute atomic E-state index is 5.26. The molecule has 0 amide bonds. The molecule has 0 aliphatic heterocycles. The highest BCUT2D eigenvalue weighted by atomic mass is 15.3. The van der Waals surface area contributed by atoms with Crippen molar-refractivity contribution in [2.45, 2.75) is 0 Å². The van der Waals surface area contributed by atoms with E-state index in [4.69, 9.17) is 10.2 Å². The Morgan fingerprint density at radius 3 is 1.39 bits per heavy atom. The van der Waals surface area contributed by atoms with Gasteiger partial charge in [0, 0.05) is 53.9 Å². The largest absolute Gasteiger partial charge is 0.308 e. The minimum Gasteiger partial charge on any atom is -0.308 e. The Morgan fingerprint density at radius 2 is 0.737 bits per heavy atom. The second kappa shape index (κ2) is 10.5. The van der Waals surface area contributed by atoms with Gasteiger partial charge in [-0.05, 0) is 57.9 Å². The molecule has 0 atom stereocenters. The maximum atomic E-state index is 5.26. The smallest absolute Gasteiger partial charge is 0.168 e. The van der Waals surface area contributed by atoms with Crippen molar-refractivity contribution in [2.75, 3.05) is 0 Å². The number of para-hydroxylation sites is 3. The zero-order chi connectivity index (χ0) is 36.9. The lowest BCUT2D eigenvalue weighted by atomic mass is 9.98. The Hall–Kier alpha value is -7.76. The van der Waals surface area contributed by atoms with Gasteiger partial charge in [-0.25, -0.2) is 0 Å². The van der Waals surface area contributed by atoms with Crippen LogP contribution in [0.15, 0.2) is 176 Å². The molecule has 5 heterocycles. The van der Waals surface area contributed by atoms with Crippen LogP contribution in [0.1, 0.15) is 0 Å². The van der Waals surface area contributed by atoms with Crippen LogP contribution >= 0.6 is 0 Å². The first-order chi connectivity index (χ1) is 28.3. The Bertz CT molecular complexity index is 4050. The lowest BCUT2D eigenvalue weighted by Gasteiger charge is -2.14. The predicted molar refractivity (Wildman–Crippen MR) is 238 cm³/mol. The summed E-state index contributed by atoms with van der Waals surface area (Å²) in [6, 6.07) is 63.9. The summed E-state index contributed by atoms with van der Waals surface area (Å²) in [4.78, 5) is 0. The van der Waals surface area contributed by atoms with Gasteiger partial charge in [0.15, 0.2) is 11.6 Å². The lowest BCUT2D eigenvalue weighted by molar-refractivity contribution is 0.930. The quantitative estimate of drug-likeness (QED) is 0.178. The molecule has 5 aromatic heterocycles. The number of fused-ring (bicyclic) bond motifs is 18. The minimum atomic E-state index is 0.818. The van der Waals surface area contributed by atoms with Crippen LogP contribution in [0.3, 0.4) is 0 Å². The van der Waals surface area contributed by atoms with Crippen molar-refractivity contribution in [2.24, 2.45) is 0 Å². The van der Waals surface area contributed by atoms with Gasteiger partial charge in [-0.15, -0.1) is 10.2 Å². The monoisotopic (exact) mass is 723 g/mol. The summed E-state index contributed by atoms with van der Waals surface area (Å²) >= 11 is 0. The van der Waals surface area contributed by atoms with Crippen LogP contribution in [0.2, 0.25) is 0 Å². The van der Waals surface area contributed by atoms with Crippen molar-refractivity contribution in [1.29, 1.82) is 0 Å². The molecule has 14 rings (SSSR count).